The lowest BCUT2D eigenvalue weighted by molar-refractivity contribution is 0.146. The number of hydrogen-bond donors (Lipinski definition) is 2. The summed E-state index contributed by atoms with van der Waals surface area (Å²) < 4.78 is 4.82. The maximum absolute atomic E-state index is 8.51. The van der Waals surface area contributed by atoms with E-state index in [1.165, 1.54) is 6.08 Å². The topological polar surface area (TPSA) is 109 Å². The Morgan fingerprint density at radius 2 is 2.08 bits per heavy atom. The Kier molecular flexibility index (Phi) is 2.00. The molecule has 1 unspecified atom stereocenters. The van der Waals surface area contributed by atoms with E-state index in [4.69, 9.17) is 26.7 Å². The Morgan fingerprint density at radius 1 is 1.42 bits per heavy atom. The molecule has 0 fully saturated rings. The molecule has 0 saturated heterocycles. The minimum Gasteiger partial charge on any atom is -0.455 e. The molecule has 5 heteroatoms. The zero-order valence-electron chi connectivity index (χ0n) is 6.11. The van der Waals surface area contributed by atoms with Crippen molar-refractivity contribution in [1.29, 1.82) is 10.5 Å². The molecule has 0 aromatic carbocycles. The van der Waals surface area contributed by atoms with Crippen LogP contribution >= 0.6 is 0 Å². The molecule has 60 valence electrons. The number of nitrogens with zero attached hydrogens (tertiary/aromatic N) is 2. The first kappa shape index (κ1) is 8.12. The average Bonchev–Trinajstić information content (AvgIpc) is 2.05. The van der Waals surface area contributed by atoms with Crippen molar-refractivity contribution >= 4 is 0 Å². The van der Waals surface area contributed by atoms with E-state index in [1.54, 1.807) is 6.07 Å². The summed E-state index contributed by atoms with van der Waals surface area (Å²) in [6.07, 6.45) is 0.468. The van der Waals surface area contributed by atoms with E-state index in [-0.39, 0.29) is 17.0 Å². The molecule has 0 saturated carbocycles. The molecule has 0 aromatic rings. The van der Waals surface area contributed by atoms with Gasteiger partial charge >= 0.3 is 0 Å². The van der Waals surface area contributed by atoms with Gasteiger partial charge < -0.3 is 10.5 Å². The summed E-state index contributed by atoms with van der Waals surface area (Å²) in [5, 5.41) is 17.0. The van der Waals surface area contributed by atoms with Gasteiger partial charge in [-0.25, -0.2) is 0 Å². The van der Waals surface area contributed by atoms with Crippen molar-refractivity contribution in [1.82, 2.24) is 0 Å². The first-order valence-corrected chi connectivity index (χ1v) is 3.13. The molecular weight excluding hydrogens is 156 g/mol. The van der Waals surface area contributed by atoms with Crippen LogP contribution in [0, 0.1) is 22.7 Å². The van der Waals surface area contributed by atoms with Crippen molar-refractivity contribution in [2.24, 2.45) is 11.5 Å². The molecule has 0 amide bonds. The highest BCUT2D eigenvalue weighted by molar-refractivity contribution is 5.44. The molecule has 4 N–H and O–H groups in total. The lowest BCUT2D eigenvalue weighted by Crippen LogP contribution is -2.30. The van der Waals surface area contributed by atoms with E-state index in [0.29, 0.717) is 0 Å². The number of nitrogens with two attached hydrogens (primary N) is 2. The molecule has 0 aliphatic carbocycles. The van der Waals surface area contributed by atoms with Gasteiger partial charge in [-0.05, 0) is 6.08 Å². The fourth-order valence-corrected chi connectivity index (χ4v) is 0.756. The summed E-state index contributed by atoms with van der Waals surface area (Å²) >= 11 is 0. The molecule has 1 aliphatic heterocycles. The zero-order chi connectivity index (χ0) is 9.14. The Morgan fingerprint density at radius 3 is 2.58 bits per heavy atom. The minimum absolute atomic E-state index is 0.0380. The van der Waals surface area contributed by atoms with Crippen LogP contribution < -0.4 is 11.5 Å². The van der Waals surface area contributed by atoms with Crippen LogP contribution in [0.3, 0.4) is 0 Å². The molecule has 0 spiro atoms. The van der Waals surface area contributed by atoms with Crippen molar-refractivity contribution in [2.45, 2.75) is 6.23 Å². The highest BCUT2D eigenvalue weighted by Crippen LogP contribution is 2.16. The predicted molar refractivity (Wildman–Crippen MR) is 39.6 cm³/mol. The van der Waals surface area contributed by atoms with Crippen LogP contribution in [-0.2, 0) is 4.74 Å². The van der Waals surface area contributed by atoms with E-state index >= 15 is 0 Å². The lowest BCUT2D eigenvalue weighted by atomic mass is 10.1. The maximum atomic E-state index is 8.51. The van der Waals surface area contributed by atoms with E-state index in [0.717, 1.165) is 0 Å². The number of nitriles is 2. The molecular formula is C7H6N4O. The number of rotatable bonds is 0. The van der Waals surface area contributed by atoms with E-state index < -0.39 is 6.23 Å². The van der Waals surface area contributed by atoms with Crippen molar-refractivity contribution < 1.29 is 4.74 Å². The minimum atomic E-state index is -0.855. The maximum Gasteiger partial charge on any atom is 0.204 e. The third-order valence-electron chi connectivity index (χ3n) is 1.38. The third-order valence-corrected chi connectivity index (χ3v) is 1.38. The fourth-order valence-electron chi connectivity index (χ4n) is 0.756. The van der Waals surface area contributed by atoms with Gasteiger partial charge in [0.1, 0.15) is 17.7 Å². The highest BCUT2D eigenvalue weighted by Gasteiger charge is 2.19. The van der Waals surface area contributed by atoms with Crippen LogP contribution in [-0.4, -0.2) is 6.23 Å². The van der Waals surface area contributed by atoms with Crippen molar-refractivity contribution in [3.63, 3.8) is 0 Å². The summed E-state index contributed by atoms with van der Waals surface area (Å²) in [7, 11) is 0. The van der Waals surface area contributed by atoms with Gasteiger partial charge in [0.25, 0.3) is 0 Å². The second kappa shape index (κ2) is 2.95. The molecule has 5 nitrogen and oxygen atoms in total. The smallest absolute Gasteiger partial charge is 0.204 e. The van der Waals surface area contributed by atoms with E-state index in [1.807, 2.05) is 6.07 Å². The highest BCUT2D eigenvalue weighted by atomic mass is 16.5. The van der Waals surface area contributed by atoms with E-state index in [9.17, 15) is 0 Å². The Hall–Kier alpha value is -1.98. The Balaban J connectivity index is 3.09. The summed E-state index contributed by atoms with van der Waals surface area (Å²) in [6.45, 7) is 0. The fraction of sp³-hybridized carbons (Fsp3) is 0.143. The first-order valence-electron chi connectivity index (χ1n) is 3.13. The van der Waals surface area contributed by atoms with Gasteiger partial charge in [0, 0.05) is 0 Å². The molecule has 0 bridgehead atoms. The lowest BCUT2D eigenvalue weighted by Gasteiger charge is -2.17. The van der Waals surface area contributed by atoms with Crippen molar-refractivity contribution in [2.75, 3.05) is 0 Å². The van der Waals surface area contributed by atoms with E-state index in [2.05, 4.69) is 0 Å². The normalized spacial score (nSPS) is 21.9. The largest absolute Gasteiger partial charge is 0.455 e. The second-order valence-corrected chi connectivity index (χ2v) is 2.14. The number of allylic oxidation sites excluding steroid dienone is 2. The van der Waals surface area contributed by atoms with Crippen LogP contribution in [0.5, 0.6) is 0 Å². The number of hydrogen-bond acceptors (Lipinski definition) is 5. The summed E-state index contributed by atoms with van der Waals surface area (Å²) in [6, 6.07) is 3.59. The third kappa shape index (κ3) is 1.22. The molecule has 1 rings (SSSR count). The number of ether oxygens (including phenoxy) is 1. The molecule has 0 radical (unpaired) electrons. The van der Waals surface area contributed by atoms with Crippen LogP contribution in [0.2, 0.25) is 0 Å². The molecule has 1 aliphatic rings. The standard InChI is InChI=1S/C7H6N4O/c8-2-4-1-5(3-9)7(11)12-6(4)10/h1,6H,10-11H2. The predicted octanol–water partition coefficient (Wildman–Crippen LogP) is -0.555. The zero-order valence-corrected chi connectivity index (χ0v) is 6.11. The van der Waals surface area contributed by atoms with Crippen LogP contribution in [0.4, 0.5) is 0 Å². The van der Waals surface area contributed by atoms with Crippen LogP contribution in [0.15, 0.2) is 23.1 Å². The molecule has 0 aromatic heterocycles. The van der Waals surface area contributed by atoms with Gasteiger partial charge in [-0.1, -0.05) is 0 Å². The second-order valence-electron chi connectivity index (χ2n) is 2.14. The van der Waals surface area contributed by atoms with Crippen molar-refractivity contribution in [3.05, 3.63) is 23.1 Å². The van der Waals surface area contributed by atoms with Gasteiger partial charge in [0.05, 0.1) is 5.57 Å². The molecule has 12 heavy (non-hydrogen) atoms. The first-order chi connectivity index (χ1) is 5.69. The SMILES string of the molecule is N#CC1=CC(C#N)=C(N)OC1N. The van der Waals surface area contributed by atoms with Gasteiger partial charge in [0.2, 0.25) is 5.88 Å². The van der Waals surface area contributed by atoms with Gasteiger partial charge in [-0.3, -0.25) is 5.73 Å². The monoisotopic (exact) mass is 162 g/mol. The molecule has 1 atom stereocenters. The van der Waals surface area contributed by atoms with Crippen LogP contribution in [0.25, 0.3) is 0 Å². The summed E-state index contributed by atoms with van der Waals surface area (Å²) in [5.74, 6) is -0.0380. The Bertz CT molecular complexity index is 341. The van der Waals surface area contributed by atoms with Gasteiger partial charge in [-0.15, -0.1) is 0 Å². The van der Waals surface area contributed by atoms with Gasteiger partial charge in [0.15, 0.2) is 6.23 Å². The van der Waals surface area contributed by atoms with Crippen LogP contribution in [0.1, 0.15) is 0 Å². The quantitative estimate of drug-likeness (QED) is 0.496. The van der Waals surface area contributed by atoms with Gasteiger partial charge in [-0.2, -0.15) is 10.5 Å². The van der Waals surface area contributed by atoms with Crippen molar-refractivity contribution in [3.8, 4) is 12.1 Å². The summed E-state index contributed by atoms with van der Waals surface area (Å²) in [4.78, 5) is 0. The molecule has 1 heterocycles. The Labute approximate surface area is 69.1 Å². The average molecular weight is 162 g/mol. The summed E-state index contributed by atoms with van der Waals surface area (Å²) in [5.41, 5.74) is 11.0.